The number of aromatic nitrogens is 4. The number of para-hydroxylation sites is 1. The third kappa shape index (κ3) is 5.11. The first-order valence-electron chi connectivity index (χ1n) is 11.0. The van der Waals surface area contributed by atoms with Gasteiger partial charge in [0.2, 0.25) is 5.91 Å². The maximum atomic E-state index is 14.2. The predicted molar refractivity (Wildman–Crippen MR) is 130 cm³/mol. The lowest BCUT2D eigenvalue weighted by Crippen LogP contribution is -2.34. The molecule has 2 aromatic heterocycles. The molecule has 1 amide bonds. The number of nitrogens with zero attached hydrogens (tertiary/aromatic N) is 4. The largest absolute Gasteiger partial charge is 0.487 e. The summed E-state index contributed by atoms with van der Waals surface area (Å²) < 4.78 is 22.0. The van der Waals surface area contributed by atoms with E-state index in [0.717, 1.165) is 16.6 Å². The van der Waals surface area contributed by atoms with Gasteiger partial charge in [-0.25, -0.2) is 19.0 Å². The van der Waals surface area contributed by atoms with Crippen LogP contribution in [0.3, 0.4) is 0 Å². The number of nitrogens with one attached hydrogen (secondary N) is 1. The number of rotatable bonds is 7. The van der Waals surface area contributed by atoms with Gasteiger partial charge in [-0.1, -0.05) is 23.7 Å². The molecule has 0 unspecified atom stereocenters. The fraction of sp³-hybridized carbons (Fsp3) is 0.280. The van der Waals surface area contributed by atoms with Gasteiger partial charge < -0.3 is 15.2 Å². The highest BCUT2D eigenvalue weighted by molar-refractivity contribution is 6.31. The molecule has 2 aromatic carbocycles. The van der Waals surface area contributed by atoms with Crippen LogP contribution in [-0.4, -0.2) is 36.9 Å². The molecule has 0 aliphatic heterocycles. The number of amides is 1. The highest BCUT2D eigenvalue weighted by Gasteiger charge is 2.20. The van der Waals surface area contributed by atoms with Crippen molar-refractivity contribution >= 4 is 28.4 Å². The Hall–Kier alpha value is -3.56. The molecule has 2 heterocycles. The quantitative estimate of drug-likeness (QED) is 0.395. The molecule has 0 fully saturated rings. The highest BCUT2D eigenvalue weighted by Crippen LogP contribution is 2.34. The molecule has 0 bridgehead atoms. The van der Waals surface area contributed by atoms with Crippen LogP contribution < -0.4 is 10.1 Å². The van der Waals surface area contributed by atoms with E-state index in [2.05, 4.69) is 20.4 Å². The molecular weight excluding hydrogens is 473 g/mol. The summed E-state index contributed by atoms with van der Waals surface area (Å²) in [7, 11) is 1.82. The maximum absolute atomic E-state index is 14.2. The van der Waals surface area contributed by atoms with Gasteiger partial charge in [0.1, 0.15) is 36.1 Å². The Bertz CT molecular complexity index is 1410. The van der Waals surface area contributed by atoms with Crippen molar-refractivity contribution in [2.24, 2.45) is 7.05 Å². The number of pyridine rings is 1. The molecule has 182 valence electrons. The molecule has 0 radical (unpaired) electrons. The van der Waals surface area contributed by atoms with E-state index in [-0.39, 0.29) is 11.6 Å². The fourth-order valence-electron chi connectivity index (χ4n) is 3.92. The van der Waals surface area contributed by atoms with Crippen LogP contribution in [0.25, 0.3) is 22.3 Å². The number of fused-ring (bicyclic) bond motifs is 1. The van der Waals surface area contributed by atoms with Gasteiger partial charge in [0.25, 0.3) is 0 Å². The Morgan fingerprint density at radius 2 is 2.06 bits per heavy atom. The van der Waals surface area contributed by atoms with Crippen molar-refractivity contribution in [1.29, 1.82) is 0 Å². The molecule has 4 aromatic rings. The average Bonchev–Trinajstić information content (AvgIpc) is 3.23. The van der Waals surface area contributed by atoms with Crippen LogP contribution in [0.4, 0.5) is 4.39 Å². The van der Waals surface area contributed by atoms with Crippen LogP contribution in [-0.2, 0) is 18.4 Å². The molecule has 2 N–H and O–H groups in total. The number of aryl methyl sites for hydroxylation is 2. The topological polar surface area (TPSA) is 102 Å². The Morgan fingerprint density at radius 3 is 2.74 bits per heavy atom. The van der Waals surface area contributed by atoms with Gasteiger partial charge in [-0.2, -0.15) is 5.10 Å². The fourth-order valence-corrected chi connectivity index (χ4v) is 4.18. The number of benzene rings is 2. The van der Waals surface area contributed by atoms with Gasteiger partial charge in [-0.3, -0.25) is 4.79 Å². The molecule has 0 saturated carbocycles. The summed E-state index contributed by atoms with van der Waals surface area (Å²) in [5.41, 5.74) is 3.26. The van der Waals surface area contributed by atoms with E-state index < -0.39 is 23.9 Å². The highest BCUT2D eigenvalue weighted by atomic mass is 35.5. The maximum Gasteiger partial charge on any atom is 0.249 e. The van der Waals surface area contributed by atoms with Crippen LogP contribution in [0, 0.1) is 12.7 Å². The van der Waals surface area contributed by atoms with Crippen LogP contribution in [0.5, 0.6) is 5.75 Å². The van der Waals surface area contributed by atoms with E-state index in [9.17, 15) is 14.3 Å². The van der Waals surface area contributed by atoms with Crippen LogP contribution in [0.2, 0.25) is 5.02 Å². The lowest BCUT2D eigenvalue weighted by Gasteiger charge is -2.21. The van der Waals surface area contributed by atoms with Crippen molar-refractivity contribution in [3.63, 3.8) is 0 Å². The molecule has 35 heavy (non-hydrogen) atoms. The van der Waals surface area contributed by atoms with Crippen LogP contribution in [0.15, 0.2) is 42.7 Å². The van der Waals surface area contributed by atoms with E-state index >= 15 is 0 Å². The van der Waals surface area contributed by atoms with Crippen molar-refractivity contribution < 1.29 is 19.0 Å². The number of hydrogen-bond donors (Lipinski definition) is 2. The third-order valence-corrected chi connectivity index (χ3v) is 5.99. The normalized spacial score (nSPS) is 13.0. The average molecular weight is 498 g/mol. The number of aliphatic hydroxyl groups is 1. The van der Waals surface area contributed by atoms with Gasteiger partial charge >= 0.3 is 0 Å². The summed E-state index contributed by atoms with van der Waals surface area (Å²) in [6.07, 6.45) is 0.293. The van der Waals surface area contributed by atoms with Crippen LogP contribution in [0.1, 0.15) is 36.7 Å². The van der Waals surface area contributed by atoms with Gasteiger partial charge in [-0.15, -0.1) is 0 Å². The summed E-state index contributed by atoms with van der Waals surface area (Å²) in [6.45, 7) is 4.94. The Kier molecular flexibility index (Phi) is 7.00. The summed E-state index contributed by atoms with van der Waals surface area (Å²) in [5.74, 6) is 0.100. The molecule has 2 atom stereocenters. The van der Waals surface area contributed by atoms with E-state index in [1.807, 2.05) is 32.2 Å². The van der Waals surface area contributed by atoms with Crippen molar-refractivity contribution in [1.82, 2.24) is 25.1 Å². The molecular formula is C25H25ClFN5O3. The van der Waals surface area contributed by atoms with E-state index in [4.69, 9.17) is 16.3 Å². The summed E-state index contributed by atoms with van der Waals surface area (Å²) in [5, 5.41) is 17.4. The minimum Gasteiger partial charge on any atom is -0.487 e. The SMILES string of the molecule is Cc1cc(-c2ncnn2C)c2cccc(OCc3c(Cl)cc(F)cc3[C@H](C)NC(=O)[C@@H](C)O)c2n1. The monoisotopic (exact) mass is 497 g/mol. The number of halogens is 2. The standard InChI is InChI=1S/C25H25ClFN5O3/c1-13-8-19(24-28-12-29-32(24)4)17-6-5-7-22(23(17)30-13)35-11-20-18(9-16(27)10-21(20)26)14(2)31-25(34)15(3)33/h5-10,12,14-15,33H,11H2,1-4H3,(H,31,34)/t14-,15+/m0/s1. The van der Waals surface area contributed by atoms with Crippen molar-refractivity contribution in [3.05, 3.63) is 70.4 Å². The van der Waals surface area contributed by atoms with E-state index in [1.165, 1.54) is 25.4 Å². The first kappa shape index (κ1) is 24.6. The van der Waals surface area contributed by atoms with E-state index in [1.54, 1.807) is 17.7 Å². The molecule has 10 heteroatoms. The second-order valence-corrected chi connectivity index (χ2v) is 8.73. The number of aliphatic hydroxyl groups excluding tert-OH is 1. The lowest BCUT2D eigenvalue weighted by molar-refractivity contribution is -0.129. The summed E-state index contributed by atoms with van der Waals surface area (Å²) >= 11 is 6.38. The zero-order valence-electron chi connectivity index (χ0n) is 19.7. The molecule has 0 spiro atoms. The van der Waals surface area contributed by atoms with Gasteiger partial charge in [0.05, 0.1) is 11.1 Å². The third-order valence-electron chi connectivity index (χ3n) is 5.65. The first-order valence-corrected chi connectivity index (χ1v) is 11.4. The van der Waals surface area contributed by atoms with Crippen molar-refractivity contribution in [2.45, 2.75) is 39.5 Å². The number of ether oxygens (including phenoxy) is 1. The Morgan fingerprint density at radius 1 is 1.29 bits per heavy atom. The Labute approximate surface area is 206 Å². The van der Waals surface area contributed by atoms with Crippen LogP contribution >= 0.6 is 11.6 Å². The molecule has 0 aliphatic carbocycles. The first-order chi connectivity index (χ1) is 16.7. The number of hydrogen-bond acceptors (Lipinski definition) is 6. The number of carbonyl (C=O) groups excluding carboxylic acids is 1. The predicted octanol–water partition coefficient (Wildman–Crippen LogP) is 4.27. The molecule has 0 saturated heterocycles. The van der Waals surface area contributed by atoms with Gasteiger partial charge in [-0.05, 0) is 50.6 Å². The second-order valence-electron chi connectivity index (χ2n) is 8.32. The van der Waals surface area contributed by atoms with E-state index in [0.29, 0.717) is 28.2 Å². The van der Waals surface area contributed by atoms with Gasteiger partial charge in [0, 0.05) is 29.3 Å². The Balaban J connectivity index is 1.71. The zero-order chi connectivity index (χ0) is 25.3. The number of carbonyl (C=O) groups is 1. The molecule has 0 aliphatic rings. The van der Waals surface area contributed by atoms with Gasteiger partial charge in [0.15, 0.2) is 5.82 Å². The summed E-state index contributed by atoms with van der Waals surface area (Å²) in [6, 6.07) is 9.41. The minimum atomic E-state index is -1.20. The van der Waals surface area contributed by atoms with Crippen molar-refractivity contribution in [2.75, 3.05) is 0 Å². The molecule has 4 rings (SSSR count). The zero-order valence-corrected chi connectivity index (χ0v) is 20.5. The smallest absolute Gasteiger partial charge is 0.249 e. The summed E-state index contributed by atoms with van der Waals surface area (Å²) in [4.78, 5) is 21.0. The minimum absolute atomic E-state index is 0.0113. The molecule has 8 nitrogen and oxygen atoms in total. The second kappa shape index (κ2) is 9.97. The lowest BCUT2D eigenvalue weighted by atomic mass is 10.0. The van der Waals surface area contributed by atoms with Crippen molar-refractivity contribution in [3.8, 4) is 17.1 Å².